The van der Waals surface area contributed by atoms with Crippen LogP contribution in [0.5, 0.6) is 5.75 Å². The highest BCUT2D eigenvalue weighted by molar-refractivity contribution is 7.22. The Morgan fingerprint density at radius 1 is 1.46 bits per heavy atom. The SMILES string of the molecule is CCOc1ccc2nc(N3CC(C(=O)NCc4nc(N)n[nH]4)CC3=O)sc2c1. The van der Waals surface area contributed by atoms with E-state index in [4.69, 9.17) is 10.5 Å². The maximum atomic E-state index is 12.5. The molecular formula is C17H19N7O3S. The number of hydrogen-bond acceptors (Lipinski definition) is 8. The molecule has 10 nitrogen and oxygen atoms in total. The molecule has 1 fully saturated rings. The molecule has 11 heteroatoms. The van der Waals surface area contributed by atoms with E-state index in [2.05, 4.69) is 25.5 Å². The third-order valence-electron chi connectivity index (χ3n) is 4.37. The lowest BCUT2D eigenvalue weighted by molar-refractivity contribution is -0.126. The number of aromatic amines is 1. The number of carbonyl (C=O) groups excluding carboxylic acids is 2. The first-order valence-corrected chi connectivity index (χ1v) is 9.63. The van der Waals surface area contributed by atoms with Crippen molar-refractivity contribution in [2.24, 2.45) is 5.92 Å². The van der Waals surface area contributed by atoms with Crippen LogP contribution in [0.1, 0.15) is 19.2 Å². The number of anilines is 2. The average Bonchev–Trinajstić information content (AvgIpc) is 3.37. The molecule has 3 aromatic rings. The van der Waals surface area contributed by atoms with Gasteiger partial charge in [0.05, 0.1) is 29.3 Å². The number of thiazole rings is 1. The molecule has 0 saturated carbocycles. The van der Waals surface area contributed by atoms with E-state index in [0.717, 1.165) is 16.0 Å². The Labute approximate surface area is 164 Å². The van der Waals surface area contributed by atoms with Gasteiger partial charge in [-0.25, -0.2) is 4.98 Å². The zero-order valence-corrected chi connectivity index (χ0v) is 16.0. The molecular weight excluding hydrogens is 382 g/mol. The fraction of sp³-hybridized carbons (Fsp3) is 0.353. The van der Waals surface area contributed by atoms with Crippen molar-refractivity contribution in [3.8, 4) is 5.75 Å². The van der Waals surface area contributed by atoms with Crippen molar-refractivity contribution in [1.29, 1.82) is 0 Å². The topological polar surface area (TPSA) is 139 Å². The monoisotopic (exact) mass is 401 g/mol. The molecule has 0 aliphatic carbocycles. The molecule has 1 saturated heterocycles. The van der Waals surface area contributed by atoms with Crippen molar-refractivity contribution in [2.75, 3.05) is 23.8 Å². The van der Waals surface area contributed by atoms with Gasteiger partial charge < -0.3 is 15.8 Å². The van der Waals surface area contributed by atoms with E-state index < -0.39 is 5.92 Å². The van der Waals surface area contributed by atoms with Crippen LogP contribution in [0.2, 0.25) is 0 Å². The molecule has 0 radical (unpaired) electrons. The smallest absolute Gasteiger partial charge is 0.239 e. The number of aromatic nitrogens is 4. The van der Waals surface area contributed by atoms with Crippen LogP contribution in [0.15, 0.2) is 18.2 Å². The van der Waals surface area contributed by atoms with Gasteiger partial charge in [0.25, 0.3) is 0 Å². The second kappa shape index (κ2) is 7.43. The van der Waals surface area contributed by atoms with E-state index in [1.165, 1.54) is 11.3 Å². The minimum absolute atomic E-state index is 0.117. The number of carbonyl (C=O) groups is 2. The number of benzene rings is 1. The highest BCUT2D eigenvalue weighted by Crippen LogP contribution is 2.34. The Morgan fingerprint density at radius 2 is 2.32 bits per heavy atom. The lowest BCUT2D eigenvalue weighted by atomic mass is 10.1. The van der Waals surface area contributed by atoms with Crippen LogP contribution in [-0.4, -0.2) is 45.1 Å². The van der Waals surface area contributed by atoms with Crippen LogP contribution < -0.4 is 20.7 Å². The molecule has 2 amide bonds. The van der Waals surface area contributed by atoms with E-state index in [9.17, 15) is 9.59 Å². The highest BCUT2D eigenvalue weighted by atomic mass is 32.1. The predicted octanol–water partition coefficient (Wildman–Crippen LogP) is 1.06. The van der Waals surface area contributed by atoms with E-state index in [0.29, 0.717) is 24.1 Å². The highest BCUT2D eigenvalue weighted by Gasteiger charge is 2.36. The van der Waals surface area contributed by atoms with E-state index in [1.54, 1.807) is 4.90 Å². The summed E-state index contributed by atoms with van der Waals surface area (Å²) < 4.78 is 6.44. The van der Waals surface area contributed by atoms with Crippen LogP contribution in [0.25, 0.3) is 10.2 Å². The molecule has 1 aliphatic heterocycles. The molecule has 1 aliphatic rings. The average molecular weight is 401 g/mol. The first kappa shape index (κ1) is 18.2. The maximum Gasteiger partial charge on any atom is 0.239 e. The van der Waals surface area contributed by atoms with E-state index in [1.807, 2.05) is 25.1 Å². The molecule has 1 unspecified atom stereocenters. The summed E-state index contributed by atoms with van der Waals surface area (Å²) in [5, 5.41) is 9.68. The van der Waals surface area contributed by atoms with Gasteiger partial charge in [0.2, 0.25) is 17.8 Å². The lowest BCUT2D eigenvalue weighted by Crippen LogP contribution is -2.32. The number of fused-ring (bicyclic) bond motifs is 1. The molecule has 2 aromatic heterocycles. The first-order chi connectivity index (χ1) is 13.5. The molecule has 1 atom stereocenters. The molecule has 3 heterocycles. The number of hydrogen-bond donors (Lipinski definition) is 3. The van der Waals surface area contributed by atoms with Gasteiger partial charge in [0, 0.05) is 13.0 Å². The quantitative estimate of drug-likeness (QED) is 0.561. The Hall–Kier alpha value is -3.21. The summed E-state index contributed by atoms with van der Waals surface area (Å²) in [6.07, 6.45) is 0.143. The Balaban J connectivity index is 1.43. The van der Waals surface area contributed by atoms with Crippen LogP contribution in [0, 0.1) is 5.92 Å². The molecule has 146 valence electrons. The summed E-state index contributed by atoms with van der Waals surface area (Å²) in [5.41, 5.74) is 6.23. The standard InChI is InChI=1S/C17H19N7O3S/c1-2-27-10-3-4-11-12(6-10)28-17(20-11)24-8-9(5-14(24)25)15(26)19-7-13-21-16(18)23-22-13/h3-4,6,9H,2,5,7-8H2,1H3,(H,19,26)(H3,18,21,22,23). The van der Waals surface area contributed by atoms with Gasteiger partial charge in [0.1, 0.15) is 11.6 Å². The van der Waals surface area contributed by atoms with Crippen molar-refractivity contribution in [3.05, 3.63) is 24.0 Å². The number of amides is 2. The van der Waals surface area contributed by atoms with Crippen molar-refractivity contribution in [2.45, 2.75) is 19.9 Å². The predicted molar refractivity (Wildman–Crippen MR) is 104 cm³/mol. The first-order valence-electron chi connectivity index (χ1n) is 8.81. The minimum Gasteiger partial charge on any atom is -0.494 e. The molecule has 0 spiro atoms. The molecule has 4 N–H and O–H groups in total. The third-order valence-corrected chi connectivity index (χ3v) is 5.41. The van der Waals surface area contributed by atoms with Crippen LogP contribution in [0.3, 0.4) is 0 Å². The zero-order valence-electron chi connectivity index (χ0n) is 15.1. The van der Waals surface area contributed by atoms with Crippen LogP contribution in [0.4, 0.5) is 11.1 Å². The number of nitrogens with zero attached hydrogens (tertiary/aromatic N) is 4. The number of nitrogens with two attached hydrogens (primary N) is 1. The normalized spacial score (nSPS) is 16.7. The van der Waals surface area contributed by atoms with Gasteiger partial charge in [-0.3, -0.25) is 19.6 Å². The summed E-state index contributed by atoms with van der Waals surface area (Å²) in [6, 6.07) is 5.63. The second-order valence-electron chi connectivity index (χ2n) is 6.32. The van der Waals surface area contributed by atoms with Gasteiger partial charge >= 0.3 is 0 Å². The fourth-order valence-electron chi connectivity index (χ4n) is 3.04. The van der Waals surface area contributed by atoms with Crippen molar-refractivity contribution >= 4 is 44.4 Å². The van der Waals surface area contributed by atoms with Crippen LogP contribution >= 0.6 is 11.3 Å². The van der Waals surface area contributed by atoms with Crippen molar-refractivity contribution in [1.82, 2.24) is 25.5 Å². The van der Waals surface area contributed by atoms with Crippen molar-refractivity contribution in [3.63, 3.8) is 0 Å². The van der Waals surface area contributed by atoms with E-state index >= 15 is 0 Å². The summed E-state index contributed by atoms with van der Waals surface area (Å²) in [5.74, 6) is 0.568. The molecule has 28 heavy (non-hydrogen) atoms. The number of rotatable bonds is 6. The van der Waals surface area contributed by atoms with Gasteiger partial charge in [-0.05, 0) is 25.1 Å². The summed E-state index contributed by atoms with van der Waals surface area (Å²) in [7, 11) is 0. The number of ether oxygens (including phenoxy) is 1. The molecule has 1 aromatic carbocycles. The summed E-state index contributed by atoms with van der Waals surface area (Å²) in [4.78, 5) is 34.9. The maximum absolute atomic E-state index is 12.5. The van der Waals surface area contributed by atoms with E-state index in [-0.39, 0.29) is 30.7 Å². The Morgan fingerprint density at radius 3 is 3.07 bits per heavy atom. The van der Waals surface area contributed by atoms with Gasteiger partial charge in [-0.2, -0.15) is 4.98 Å². The Bertz CT molecular complexity index is 1030. The molecule has 4 rings (SSSR count). The number of nitrogen functional groups attached to an aromatic ring is 1. The molecule has 0 bridgehead atoms. The number of H-pyrrole nitrogens is 1. The summed E-state index contributed by atoms with van der Waals surface area (Å²) in [6.45, 7) is 2.98. The zero-order chi connectivity index (χ0) is 19.7. The van der Waals surface area contributed by atoms with Crippen LogP contribution in [-0.2, 0) is 16.1 Å². The lowest BCUT2D eigenvalue weighted by Gasteiger charge is -2.12. The number of nitrogens with one attached hydrogen (secondary N) is 2. The minimum atomic E-state index is -0.446. The van der Waals surface area contributed by atoms with Crippen molar-refractivity contribution < 1.29 is 14.3 Å². The van der Waals surface area contributed by atoms with Gasteiger partial charge in [-0.15, -0.1) is 5.10 Å². The summed E-state index contributed by atoms with van der Waals surface area (Å²) >= 11 is 1.41. The fourth-order valence-corrected chi connectivity index (χ4v) is 4.06. The van der Waals surface area contributed by atoms with Gasteiger partial charge in [0.15, 0.2) is 5.13 Å². The largest absolute Gasteiger partial charge is 0.494 e. The Kier molecular flexibility index (Phi) is 4.82. The third kappa shape index (κ3) is 3.60. The second-order valence-corrected chi connectivity index (χ2v) is 7.33. The van der Waals surface area contributed by atoms with Gasteiger partial charge in [-0.1, -0.05) is 11.3 Å².